The van der Waals surface area contributed by atoms with Crippen LogP contribution in [0.1, 0.15) is 0 Å². The lowest BCUT2D eigenvalue weighted by atomic mass is 10.00. The standard InChI is InChI=1S/C21H16N6O5/c1-32-11-6-4-10(5-7-11)15-12(13-16(22-15)23-20(30)25-18(13)28)14-17(27-8-2-3-9-27)24-21(31)26-19(14)29/h2-9H,1H3,(H2,24,26,29,31)(H3,22,23,25,28,30). The van der Waals surface area contributed by atoms with E-state index >= 15 is 0 Å². The third-order valence-electron chi connectivity index (χ3n) is 5.11. The first-order valence-corrected chi connectivity index (χ1v) is 9.49. The van der Waals surface area contributed by atoms with Gasteiger partial charge in [0.2, 0.25) is 0 Å². The predicted octanol–water partition coefficient (Wildman–Crippen LogP) is 1.05. The number of rotatable bonds is 4. The van der Waals surface area contributed by atoms with Gasteiger partial charge in [0.25, 0.3) is 11.1 Å². The van der Waals surface area contributed by atoms with Crippen LogP contribution in [0.2, 0.25) is 0 Å². The summed E-state index contributed by atoms with van der Waals surface area (Å²) in [5, 5.41) is 0.0707. The van der Waals surface area contributed by atoms with Gasteiger partial charge in [-0.3, -0.25) is 29.5 Å². The number of hydrogen-bond donors (Lipinski definition) is 5. The van der Waals surface area contributed by atoms with E-state index in [2.05, 4.69) is 24.9 Å². The highest BCUT2D eigenvalue weighted by Gasteiger charge is 2.24. The summed E-state index contributed by atoms with van der Waals surface area (Å²) in [6.07, 6.45) is 3.31. The number of nitrogens with one attached hydrogen (secondary N) is 5. The summed E-state index contributed by atoms with van der Waals surface area (Å²) in [4.78, 5) is 62.5. The molecular weight excluding hydrogens is 416 g/mol. The fraction of sp³-hybridized carbons (Fsp3) is 0.0476. The molecular formula is C21H16N6O5. The largest absolute Gasteiger partial charge is 0.497 e. The summed E-state index contributed by atoms with van der Waals surface area (Å²) in [6.45, 7) is 0. The van der Waals surface area contributed by atoms with Gasteiger partial charge in [-0.15, -0.1) is 0 Å². The minimum Gasteiger partial charge on any atom is -0.497 e. The lowest BCUT2D eigenvalue weighted by molar-refractivity contribution is 0.415. The highest BCUT2D eigenvalue weighted by Crippen LogP contribution is 2.36. The maximum atomic E-state index is 13.1. The number of fused-ring (bicyclic) bond motifs is 1. The summed E-state index contributed by atoms with van der Waals surface area (Å²) < 4.78 is 6.76. The van der Waals surface area contributed by atoms with Gasteiger partial charge in [0.05, 0.1) is 23.8 Å². The van der Waals surface area contributed by atoms with Gasteiger partial charge >= 0.3 is 11.4 Å². The van der Waals surface area contributed by atoms with Crippen LogP contribution in [-0.4, -0.2) is 36.6 Å². The van der Waals surface area contributed by atoms with E-state index in [0.717, 1.165) is 0 Å². The molecule has 4 aromatic heterocycles. The van der Waals surface area contributed by atoms with Crippen LogP contribution in [0.4, 0.5) is 0 Å². The van der Waals surface area contributed by atoms with Gasteiger partial charge in [0.15, 0.2) is 0 Å². The van der Waals surface area contributed by atoms with Gasteiger partial charge in [-0.05, 0) is 42.0 Å². The van der Waals surface area contributed by atoms with Crippen molar-refractivity contribution in [2.75, 3.05) is 7.11 Å². The molecule has 0 atom stereocenters. The van der Waals surface area contributed by atoms with Crippen molar-refractivity contribution in [3.63, 3.8) is 0 Å². The Morgan fingerprint density at radius 1 is 0.750 bits per heavy atom. The minimum absolute atomic E-state index is 0.0513. The summed E-state index contributed by atoms with van der Waals surface area (Å²) in [6, 6.07) is 10.4. The normalized spacial score (nSPS) is 11.2. The molecule has 0 amide bonds. The number of aromatic amines is 5. The Kier molecular flexibility index (Phi) is 4.29. The first-order chi connectivity index (χ1) is 15.5. The number of H-pyrrole nitrogens is 5. The Balaban J connectivity index is 1.95. The molecule has 5 rings (SSSR count). The smallest absolute Gasteiger partial charge is 0.327 e. The maximum Gasteiger partial charge on any atom is 0.327 e. The molecule has 32 heavy (non-hydrogen) atoms. The second-order valence-electron chi connectivity index (χ2n) is 6.98. The number of ether oxygens (including phenoxy) is 1. The number of aromatic nitrogens is 6. The second kappa shape index (κ2) is 7.16. The van der Waals surface area contributed by atoms with Gasteiger partial charge in [-0.25, -0.2) is 9.59 Å². The monoisotopic (exact) mass is 432 g/mol. The molecule has 0 radical (unpaired) electrons. The summed E-state index contributed by atoms with van der Waals surface area (Å²) >= 11 is 0. The van der Waals surface area contributed by atoms with Crippen molar-refractivity contribution in [1.29, 1.82) is 0 Å². The van der Waals surface area contributed by atoms with E-state index in [1.807, 2.05) is 0 Å². The van der Waals surface area contributed by atoms with Crippen LogP contribution in [0.25, 0.3) is 39.2 Å². The van der Waals surface area contributed by atoms with Gasteiger partial charge in [-0.1, -0.05) is 0 Å². The minimum atomic E-state index is -0.699. The third-order valence-corrected chi connectivity index (χ3v) is 5.11. The Morgan fingerprint density at radius 2 is 1.41 bits per heavy atom. The molecule has 0 aliphatic heterocycles. The Hall–Kier alpha value is -4.80. The fourth-order valence-corrected chi connectivity index (χ4v) is 3.74. The summed E-state index contributed by atoms with van der Waals surface area (Å²) in [5.41, 5.74) is -1.32. The van der Waals surface area contributed by atoms with Crippen LogP contribution in [0.3, 0.4) is 0 Å². The van der Waals surface area contributed by atoms with Crippen LogP contribution < -0.4 is 27.2 Å². The molecule has 5 N–H and O–H groups in total. The Bertz CT molecular complexity index is 1680. The molecule has 11 nitrogen and oxygen atoms in total. The average Bonchev–Trinajstić information content (AvgIpc) is 3.42. The van der Waals surface area contributed by atoms with E-state index in [1.165, 1.54) is 7.11 Å². The van der Waals surface area contributed by atoms with Crippen LogP contribution >= 0.6 is 0 Å². The van der Waals surface area contributed by atoms with Crippen molar-refractivity contribution < 1.29 is 4.74 Å². The van der Waals surface area contributed by atoms with Crippen molar-refractivity contribution in [1.82, 2.24) is 29.5 Å². The highest BCUT2D eigenvalue weighted by molar-refractivity contribution is 6.03. The van der Waals surface area contributed by atoms with Crippen LogP contribution in [0.5, 0.6) is 5.75 Å². The molecule has 4 heterocycles. The topological polar surface area (TPSA) is 161 Å². The number of benzene rings is 1. The Morgan fingerprint density at radius 3 is 2.09 bits per heavy atom. The quantitative estimate of drug-likeness (QED) is 0.286. The zero-order valence-electron chi connectivity index (χ0n) is 16.6. The Labute approximate surface area is 177 Å². The molecule has 160 valence electrons. The molecule has 0 saturated carbocycles. The SMILES string of the molecule is COc1ccc(-c2[nH]c3[nH]c(=O)[nH]c(=O)c3c2-c2c(-n3cccc3)[nH]c(=O)[nH]c2=O)cc1. The van der Waals surface area contributed by atoms with Gasteiger partial charge in [0.1, 0.15) is 17.2 Å². The molecule has 0 saturated heterocycles. The predicted molar refractivity (Wildman–Crippen MR) is 118 cm³/mol. The molecule has 5 aromatic rings. The zero-order valence-corrected chi connectivity index (χ0v) is 16.6. The summed E-state index contributed by atoms with van der Waals surface area (Å²) in [5.74, 6) is 0.789. The molecule has 0 bridgehead atoms. The first-order valence-electron chi connectivity index (χ1n) is 9.49. The van der Waals surface area contributed by atoms with Crippen molar-refractivity contribution in [2.45, 2.75) is 0 Å². The molecule has 11 heteroatoms. The summed E-state index contributed by atoms with van der Waals surface area (Å²) in [7, 11) is 1.54. The fourth-order valence-electron chi connectivity index (χ4n) is 3.74. The lowest BCUT2D eigenvalue weighted by Gasteiger charge is -2.11. The zero-order chi connectivity index (χ0) is 22.4. The maximum absolute atomic E-state index is 13.1. The van der Waals surface area contributed by atoms with E-state index in [9.17, 15) is 19.2 Å². The van der Waals surface area contributed by atoms with Crippen LogP contribution in [0, 0.1) is 0 Å². The van der Waals surface area contributed by atoms with Gasteiger partial charge < -0.3 is 14.3 Å². The molecule has 0 fully saturated rings. The van der Waals surface area contributed by atoms with Gasteiger partial charge in [0, 0.05) is 18.0 Å². The average molecular weight is 432 g/mol. The van der Waals surface area contributed by atoms with E-state index in [1.54, 1.807) is 53.4 Å². The van der Waals surface area contributed by atoms with Crippen LogP contribution in [0.15, 0.2) is 68.0 Å². The van der Waals surface area contributed by atoms with E-state index in [0.29, 0.717) is 17.0 Å². The van der Waals surface area contributed by atoms with Crippen molar-refractivity contribution >= 4 is 11.0 Å². The lowest BCUT2D eigenvalue weighted by Crippen LogP contribution is -2.27. The molecule has 0 aliphatic carbocycles. The van der Waals surface area contributed by atoms with Crippen molar-refractivity contribution in [2.24, 2.45) is 0 Å². The van der Waals surface area contributed by atoms with E-state index in [-0.39, 0.29) is 28.0 Å². The first kappa shape index (κ1) is 19.2. The van der Waals surface area contributed by atoms with E-state index < -0.39 is 22.5 Å². The third kappa shape index (κ3) is 2.99. The second-order valence-corrected chi connectivity index (χ2v) is 6.98. The molecule has 0 unspecified atom stereocenters. The molecule has 0 spiro atoms. The van der Waals surface area contributed by atoms with E-state index in [4.69, 9.17) is 4.74 Å². The van der Waals surface area contributed by atoms with Crippen LogP contribution in [-0.2, 0) is 0 Å². The van der Waals surface area contributed by atoms with Crippen molar-refractivity contribution in [3.8, 4) is 34.0 Å². The number of nitrogens with zero attached hydrogens (tertiary/aromatic N) is 1. The molecule has 1 aromatic carbocycles. The van der Waals surface area contributed by atoms with Gasteiger partial charge in [-0.2, -0.15) is 0 Å². The molecule has 0 aliphatic rings. The van der Waals surface area contributed by atoms with Crippen molar-refractivity contribution in [3.05, 3.63) is 90.5 Å². The number of methoxy groups -OCH3 is 1. The highest BCUT2D eigenvalue weighted by atomic mass is 16.5. The number of hydrogen-bond acceptors (Lipinski definition) is 5.